The minimum absolute atomic E-state index is 0.128. The molecule has 0 radical (unpaired) electrons. The number of thioether (sulfide) groups is 1. The number of fused-ring (bicyclic) bond motifs is 2. The number of carbonyl (C=O) groups excluding carboxylic acids is 1. The van der Waals surface area contributed by atoms with Crippen molar-refractivity contribution in [2.75, 3.05) is 14.2 Å². The highest BCUT2D eigenvalue weighted by Crippen LogP contribution is 2.47. The molecule has 1 fully saturated rings. The highest BCUT2D eigenvalue weighted by molar-refractivity contribution is 8.03. The van der Waals surface area contributed by atoms with E-state index in [1.54, 1.807) is 11.8 Å². The van der Waals surface area contributed by atoms with Crippen LogP contribution in [0.2, 0.25) is 0 Å². The summed E-state index contributed by atoms with van der Waals surface area (Å²) in [5.41, 5.74) is 0.739. The second kappa shape index (κ2) is 6.03. The van der Waals surface area contributed by atoms with Crippen LogP contribution in [-0.2, 0) is 9.53 Å². The number of rotatable bonds is 3. The molecule has 2 bridgehead atoms. The maximum atomic E-state index is 12.3. The van der Waals surface area contributed by atoms with E-state index in [1.165, 1.54) is 7.11 Å². The van der Waals surface area contributed by atoms with Gasteiger partial charge in [0.15, 0.2) is 0 Å². The Hall–Kier alpha value is -0.970. The van der Waals surface area contributed by atoms with E-state index in [1.807, 2.05) is 37.4 Å². The van der Waals surface area contributed by atoms with Crippen LogP contribution in [0, 0.1) is 0 Å². The summed E-state index contributed by atoms with van der Waals surface area (Å²) < 4.78 is 5.01. The Morgan fingerprint density at radius 3 is 2.71 bits per heavy atom. The van der Waals surface area contributed by atoms with Crippen LogP contribution in [0.25, 0.3) is 0 Å². The number of likely N-dealkylation sites (N-methyl/N-ethyl adjacent to an activating group) is 1. The van der Waals surface area contributed by atoms with Gasteiger partial charge in [-0.15, -0.1) is 11.6 Å². The van der Waals surface area contributed by atoms with Crippen molar-refractivity contribution < 1.29 is 9.53 Å². The van der Waals surface area contributed by atoms with E-state index >= 15 is 0 Å². The summed E-state index contributed by atoms with van der Waals surface area (Å²) in [6.45, 7) is 0. The molecule has 0 N–H and O–H groups in total. The number of esters is 1. The number of halogens is 1. The van der Waals surface area contributed by atoms with Gasteiger partial charge >= 0.3 is 5.97 Å². The molecule has 5 heteroatoms. The average Bonchev–Trinajstić information content (AvgIpc) is 2.81. The summed E-state index contributed by atoms with van der Waals surface area (Å²) in [4.78, 5) is 16.5. The summed E-state index contributed by atoms with van der Waals surface area (Å²) in [6, 6.07) is 10.5. The first-order valence-electron chi connectivity index (χ1n) is 7.04. The molecule has 3 rings (SSSR count). The van der Waals surface area contributed by atoms with Gasteiger partial charge in [0, 0.05) is 21.9 Å². The summed E-state index contributed by atoms with van der Waals surface area (Å²) in [5, 5.41) is -0.159. The zero-order chi connectivity index (χ0) is 15.0. The largest absolute Gasteiger partial charge is 0.466 e. The van der Waals surface area contributed by atoms with Gasteiger partial charge in [-0.3, -0.25) is 4.90 Å². The zero-order valence-corrected chi connectivity index (χ0v) is 13.7. The number of nitrogens with zero attached hydrogens (tertiary/aromatic N) is 1. The van der Waals surface area contributed by atoms with E-state index < -0.39 is 0 Å². The molecule has 0 aromatic heterocycles. The fourth-order valence-electron chi connectivity index (χ4n) is 3.23. The first-order chi connectivity index (χ1) is 10.1. The zero-order valence-electron chi connectivity index (χ0n) is 12.1. The molecule has 0 saturated carbocycles. The smallest absolute Gasteiger partial charge is 0.336 e. The number of hydrogen-bond acceptors (Lipinski definition) is 4. The van der Waals surface area contributed by atoms with E-state index in [9.17, 15) is 4.79 Å². The number of methoxy groups -OCH3 is 1. The van der Waals surface area contributed by atoms with E-state index in [-0.39, 0.29) is 17.4 Å². The topological polar surface area (TPSA) is 29.5 Å². The third-order valence-corrected chi connectivity index (χ3v) is 6.15. The SMILES string of the molecule is COC(=O)C1=C(Sc2ccccc2)[C@H](Cl)[C@H]2CCC1N2C. The van der Waals surface area contributed by atoms with Crippen LogP contribution in [0.1, 0.15) is 12.8 Å². The number of carbonyl (C=O) groups is 1. The Morgan fingerprint density at radius 2 is 2.05 bits per heavy atom. The molecule has 21 heavy (non-hydrogen) atoms. The van der Waals surface area contributed by atoms with E-state index in [0.29, 0.717) is 6.04 Å². The fraction of sp³-hybridized carbons (Fsp3) is 0.438. The van der Waals surface area contributed by atoms with Crippen LogP contribution in [0.4, 0.5) is 0 Å². The minimum atomic E-state index is -0.253. The maximum Gasteiger partial charge on any atom is 0.336 e. The molecule has 0 amide bonds. The molecule has 112 valence electrons. The first kappa shape index (κ1) is 14.9. The van der Waals surface area contributed by atoms with Gasteiger partial charge in [0.05, 0.1) is 18.1 Å². The lowest BCUT2D eigenvalue weighted by molar-refractivity contribution is -0.137. The minimum Gasteiger partial charge on any atom is -0.466 e. The fourth-order valence-corrected chi connectivity index (χ4v) is 4.93. The summed E-state index contributed by atoms with van der Waals surface area (Å²) >= 11 is 8.28. The van der Waals surface area contributed by atoms with Crippen LogP contribution in [0.15, 0.2) is 45.7 Å². The van der Waals surface area contributed by atoms with Gasteiger partial charge in [-0.1, -0.05) is 30.0 Å². The van der Waals surface area contributed by atoms with Crippen LogP contribution < -0.4 is 0 Å². The Labute approximate surface area is 134 Å². The van der Waals surface area contributed by atoms with Crippen molar-refractivity contribution in [2.45, 2.75) is 35.2 Å². The lowest BCUT2D eigenvalue weighted by atomic mass is 10.0. The summed E-state index contributed by atoms with van der Waals surface area (Å²) in [5.74, 6) is -0.253. The molecular formula is C16H18ClNO2S. The average molecular weight is 324 g/mol. The van der Waals surface area contributed by atoms with Gasteiger partial charge in [-0.25, -0.2) is 4.79 Å². The predicted molar refractivity (Wildman–Crippen MR) is 85.6 cm³/mol. The second-order valence-corrected chi connectivity index (χ2v) is 7.00. The van der Waals surface area contributed by atoms with Gasteiger partial charge in [0.1, 0.15) is 0 Å². The maximum absolute atomic E-state index is 12.3. The van der Waals surface area contributed by atoms with Crippen molar-refractivity contribution in [3.05, 3.63) is 40.8 Å². The molecule has 3 atom stereocenters. The molecular weight excluding hydrogens is 306 g/mol. The van der Waals surface area contributed by atoms with Crippen LogP contribution in [0.5, 0.6) is 0 Å². The molecule has 2 heterocycles. The Bertz CT molecular complexity index is 575. The van der Waals surface area contributed by atoms with Crippen molar-refractivity contribution in [1.29, 1.82) is 0 Å². The molecule has 1 saturated heterocycles. The van der Waals surface area contributed by atoms with Gasteiger partial charge in [-0.2, -0.15) is 0 Å². The Kier molecular flexibility index (Phi) is 4.29. The Balaban J connectivity index is 2.02. The third kappa shape index (κ3) is 2.60. The lowest BCUT2D eigenvalue weighted by Crippen LogP contribution is -2.45. The molecule has 3 nitrogen and oxygen atoms in total. The van der Waals surface area contributed by atoms with Crippen LogP contribution in [0.3, 0.4) is 0 Å². The molecule has 1 unspecified atom stereocenters. The molecule has 2 aliphatic heterocycles. The monoisotopic (exact) mass is 323 g/mol. The summed E-state index contributed by atoms with van der Waals surface area (Å²) in [6.07, 6.45) is 1.99. The molecule has 1 aromatic rings. The van der Waals surface area contributed by atoms with Crippen molar-refractivity contribution in [1.82, 2.24) is 4.90 Å². The highest BCUT2D eigenvalue weighted by atomic mass is 35.5. The van der Waals surface area contributed by atoms with Gasteiger partial charge in [0.25, 0.3) is 0 Å². The molecule has 2 aliphatic rings. The number of benzene rings is 1. The normalized spacial score (nSPS) is 28.8. The van der Waals surface area contributed by atoms with Gasteiger partial charge < -0.3 is 4.74 Å². The number of ether oxygens (including phenoxy) is 1. The van der Waals surface area contributed by atoms with Crippen LogP contribution in [-0.4, -0.2) is 42.5 Å². The molecule has 0 spiro atoms. The third-order valence-electron chi connectivity index (χ3n) is 4.31. The second-order valence-electron chi connectivity index (χ2n) is 5.41. The predicted octanol–water partition coefficient (Wildman–Crippen LogP) is 3.29. The highest BCUT2D eigenvalue weighted by Gasteiger charge is 2.47. The van der Waals surface area contributed by atoms with Gasteiger partial charge in [0.2, 0.25) is 0 Å². The van der Waals surface area contributed by atoms with Gasteiger partial charge in [-0.05, 0) is 32.0 Å². The van der Waals surface area contributed by atoms with E-state index in [4.69, 9.17) is 16.3 Å². The van der Waals surface area contributed by atoms with Crippen molar-refractivity contribution >= 4 is 29.3 Å². The van der Waals surface area contributed by atoms with Crippen molar-refractivity contribution in [2.24, 2.45) is 0 Å². The first-order valence-corrected chi connectivity index (χ1v) is 8.30. The lowest BCUT2D eigenvalue weighted by Gasteiger charge is -2.37. The van der Waals surface area contributed by atoms with Crippen LogP contribution >= 0.6 is 23.4 Å². The number of alkyl halides is 1. The number of hydrogen-bond donors (Lipinski definition) is 0. The standard InChI is InChI=1S/C16H18ClNO2S/c1-18-11-8-9-12(18)14(17)15(13(11)16(19)20-2)21-10-6-4-3-5-7-10/h3-7,11-12,14H,8-9H2,1-2H3/t11?,12-,14-/m1/s1. The van der Waals surface area contributed by atoms with Crippen molar-refractivity contribution in [3.63, 3.8) is 0 Å². The quantitative estimate of drug-likeness (QED) is 0.630. The Morgan fingerprint density at radius 1 is 1.33 bits per heavy atom. The van der Waals surface area contributed by atoms with E-state index in [2.05, 4.69) is 4.90 Å². The summed E-state index contributed by atoms with van der Waals surface area (Å²) in [7, 11) is 3.48. The van der Waals surface area contributed by atoms with Crippen molar-refractivity contribution in [3.8, 4) is 0 Å². The molecule has 1 aromatic carbocycles. The molecule has 0 aliphatic carbocycles. The van der Waals surface area contributed by atoms with E-state index in [0.717, 1.165) is 28.2 Å².